The zero-order valence-corrected chi connectivity index (χ0v) is 11.5. The third kappa shape index (κ3) is 4.32. The van der Waals surface area contributed by atoms with Crippen molar-refractivity contribution in [2.75, 3.05) is 12.8 Å². The Bertz CT molecular complexity index is 379. The van der Waals surface area contributed by atoms with Gasteiger partial charge in [0.2, 0.25) is 0 Å². The van der Waals surface area contributed by atoms with Crippen LogP contribution in [0.2, 0.25) is 0 Å². The van der Waals surface area contributed by atoms with Gasteiger partial charge in [0.25, 0.3) is 0 Å². The Hall–Kier alpha value is -1.14. The van der Waals surface area contributed by atoms with Crippen LogP contribution in [0.5, 0.6) is 0 Å². The molecule has 0 aromatic carbocycles. The van der Waals surface area contributed by atoms with Crippen LogP contribution in [0.4, 0.5) is 5.13 Å². The first-order valence-corrected chi connectivity index (χ1v) is 6.32. The molecule has 0 bridgehead atoms. The fourth-order valence-electron chi connectivity index (χ4n) is 1.29. The molecule has 1 atom stereocenters. The number of ether oxygens (including phenoxy) is 1. The standard InChI is InChI=1S/C11H19N3O2S/c1-7(2)16-10(15)8(3)14(4)6-9-5-13-11(12)17-9/h5,7-8H,6H2,1-4H3,(H2,12,13). The van der Waals surface area contributed by atoms with Crippen molar-refractivity contribution in [2.45, 2.75) is 39.5 Å². The van der Waals surface area contributed by atoms with Crippen LogP contribution in [0.25, 0.3) is 0 Å². The minimum Gasteiger partial charge on any atom is -0.462 e. The van der Waals surface area contributed by atoms with Gasteiger partial charge in [-0.15, -0.1) is 11.3 Å². The predicted molar refractivity (Wildman–Crippen MR) is 68.7 cm³/mol. The smallest absolute Gasteiger partial charge is 0.323 e. The summed E-state index contributed by atoms with van der Waals surface area (Å²) in [7, 11) is 1.88. The van der Waals surface area contributed by atoms with Gasteiger partial charge >= 0.3 is 5.97 Å². The van der Waals surface area contributed by atoms with E-state index in [4.69, 9.17) is 10.5 Å². The molecule has 1 aromatic rings. The molecule has 1 aromatic heterocycles. The van der Waals surface area contributed by atoms with Crippen molar-refractivity contribution in [1.29, 1.82) is 0 Å². The van der Waals surface area contributed by atoms with Crippen molar-refractivity contribution in [1.82, 2.24) is 9.88 Å². The lowest BCUT2D eigenvalue weighted by molar-refractivity contribution is -0.152. The molecule has 1 unspecified atom stereocenters. The number of carbonyl (C=O) groups is 1. The Balaban J connectivity index is 2.52. The van der Waals surface area contributed by atoms with Crippen LogP contribution in [-0.4, -0.2) is 35.0 Å². The van der Waals surface area contributed by atoms with Crippen LogP contribution in [-0.2, 0) is 16.1 Å². The lowest BCUT2D eigenvalue weighted by Crippen LogP contribution is -2.37. The number of likely N-dealkylation sites (N-methyl/N-ethyl adjacent to an activating group) is 1. The summed E-state index contributed by atoms with van der Waals surface area (Å²) < 4.78 is 5.16. The number of hydrogen-bond donors (Lipinski definition) is 1. The Morgan fingerprint density at radius 2 is 2.24 bits per heavy atom. The third-order valence-electron chi connectivity index (χ3n) is 2.33. The summed E-state index contributed by atoms with van der Waals surface area (Å²) in [5.41, 5.74) is 5.55. The van der Waals surface area contributed by atoms with E-state index in [1.807, 2.05) is 32.7 Å². The Kier molecular flexibility index (Phi) is 4.89. The normalized spacial score (nSPS) is 13.1. The molecule has 2 N–H and O–H groups in total. The van der Waals surface area contributed by atoms with E-state index in [0.717, 1.165) is 4.88 Å². The van der Waals surface area contributed by atoms with Gasteiger partial charge in [-0.25, -0.2) is 4.98 Å². The maximum Gasteiger partial charge on any atom is 0.323 e. The van der Waals surface area contributed by atoms with Crippen molar-refractivity contribution >= 4 is 22.4 Å². The summed E-state index contributed by atoms with van der Waals surface area (Å²) in [6, 6.07) is -0.277. The Labute approximate surface area is 106 Å². The monoisotopic (exact) mass is 257 g/mol. The molecule has 1 heterocycles. The van der Waals surface area contributed by atoms with Crippen LogP contribution in [0.3, 0.4) is 0 Å². The number of carbonyl (C=O) groups excluding carboxylic acids is 1. The molecule has 0 radical (unpaired) electrons. The largest absolute Gasteiger partial charge is 0.462 e. The van der Waals surface area contributed by atoms with E-state index < -0.39 is 0 Å². The van der Waals surface area contributed by atoms with Gasteiger partial charge < -0.3 is 10.5 Å². The maximum atomic E-state index is 11.7. The van der Waals surface area contributed by atoms with E-state index in [-0.39, 0.29) is 18.1 Å². The Morgan fingerprint density at radius 3 is 2.71 bits per heavy atom. The first-order valence-electron chi connectivity index (χ1n) is 5.51. The molecule has 0 aliphatic carbocycles. The third-order valence-corrected chi connectivity index (χ3v) is 3.14. The van der Waals surface area contributed by atoms with Crippen molar-refractivity contribution in [3.05, 3.63) is 11.1 Å². The van der Waals surface area contributed by atoms with E-state index >= 15 is 0 Å². The number of nitrogens with two attached hydrogens (primary N) is 1. The van der Waals surface area contributed by atoms with Crippen molar-refractivity contribution in [3.8, 4) is 0 Å². The van der Waals surface area contributed by atoms with Crippen LogP contribution < -0.4 is 5.73 Å². The maximum absolute atomic E-state index is 11.7. The lowest BCUT2D eigenvalue weighted by Gasteiger charge is -2.23. The number of hydrogen-bond acceptors (Lipinski definition) is 6. The first kappa shape index (κ1) is 13.9. The summed E-state index contributed by atoms with van der Waals surface area (Å²) in [4.78, 5) is 18.6. The number of nitrogens with zero attached hydrogens (tertiary/aromatic N) is 2. The highest BCUT2D eigenvalue weighted by atomic mass is 32.1. The van der Waals surface area contributed by atoms with Crippen LogP contribution >= 0.6 is 11.3 Å². The first-order chi connectivity index (χ1) is 7.90. The van der Waals surface area contributed by atoms with E-state index in [1.165, 1.54) is 11.3 Å². The van der Waals surface area contributed by atoms with Gasteiger partial charge in [-0.3, -0.25) is 9.69 Å². The quantitative estimate of drug-likeness (QED) is 0.810. The van der Waals surface area contributed by atoms with Crippen LogP contribution in [0.1, 0.15) is 25.6 Å². The molecular formula is C11H19N3O2S. The molecule has 0 aliphatic heterocycles. The summed E-state index contributed by atoms with van der Waals surface area (Å²) in [5, 5.41) is 0.547. The molecule has 0 amide bonds. The number of rotatable bonds is 5. The van der Waals surface area contributed by atoms with Gasteiger partial charge in [0.15, 0.2) is 5.13 Å². The van der Waals surface area contributed by atoms with Gasteiger partial charge in [0.05, 0.1) is 6.10 Å². The summed E-state index contributed by atoms with van der Waals surface area (Å²) >= 11 is 1.43. The number of thiazole rings is 1. The molecule has 0 spiro atoms. The average Bonchev–Trinajstić information content (AvgIpc) is 2.61. The predicted octanol–water partition coefficient (Wildman–Crippen LogP) is 1.50. The van der Waals surface area contributed by atoms with Crippen LogP contribution in [0.15, 0.2) is 6.20 Å². The highest BCUT2D eigenvalue weighted by Gasteiger charge is 2.21. The molecule has 17 heavy (non-hydrogen) atoms. The molecule has 6 heteroatoms. The van der Waals surface area contributed by atoms with Gasteiger partial charge in [-0.05, 0) is 27.8 Å². The highest BCUT2D eigenvalue weighted by Crippen LogP contribution is 2.17. The second-order valence-corrected chi connectivity index (χ2v) is 5.39. The number of aromatic nitrogens is 1. The SMILES string of the molecule is CC(C)OC(=O)C(C)N(C)Cc1cnc(N)s1. The van der Waals surface area contributed by atoms with E-state index in [0.29, 0.717) is 11.7 Å². The van der Waals surface area contributed by atoms with Gasteiger partial charge in [-0.1, -0.05) is 0 Å². The van der Waals surface area contributed by atoms with Gasteiger partial charge in [-0.2, -0.15) is 0 Å². The summed E-state index contributed by atoms with van der Waals surface area (Å²) in [5.74, 6) is -0.208. The number of esters is 1. The average molecular weight is 257 g/mol. The van der Waals surface area contributed by atoms with E-state index in [9.17, 15) is 4.79 Å². The molecule has 0 fully saturated rings. The number of anilines is 1. The van der Waals surface area contributed by atoms with Gasteiger partial charge in [0, 0.05) is 17.6 Å². The van der Waals surface area contributed by atoms with Crippen molar-refractivity contribution in [2.24, 2.45) is 0 Å². The van der Waals surface area contributed by atoms with E-state index in [2.05, 4.69) is 4.98 Å². The summed E-state index contributed by atoms with van der Waals surface area (Å²) in [6.45, 7) is 6.15. The van der Waals surface area contributed by atoms with Crippen molar-refractivity contribution < 1.29 is 9.53 Å². The second-order valence-electron chi connectivity index (χ2n) is 4.24. The zero-order chi connectivity index (χ0) is 13.0. The minimum atomic E-state index is -0.277. The lowest BCUT2D eigenvalue weighted by atomic mass is 10.3. The molecular weight excluding hydrogens is 238 g/mol. The van der Waals surface area contributed by atoms with Crippen molar-refractivity contribution in [3.63, 3.8) is 0 Å². The molecule has 0 aliphatic rings. The van der Waals surface area contributed by atoms with E-state index in [1.54, 1.807) is 6.20 Å². The zero-order valence-electron chi connectivity index (χ0n) is 10.6. The van der Waals surface area contributed by atoms with Gasteiger partial charge in [0.1, 0.15) is 6.04 Å². The number of nitrogen functional groups attached to an aromatic ring is 1. The molecule has 0 saturated carbocycles. The highest BCUT2D eigenvalue weighted by molar-refractivity contribution is 7.15. The second kappa shape index (κ2) is 5.97. The fourth-order valence-corrected chi connectivity index (χ4v) is 2.04. The molecule has 96 valence electrons. The topological polar surface area (TPSA) is 68.5 Å². The van der Waals surface area contributed by atoms with Crippen LogP contribution in [0, 0.1) is 0 Å². The molecule has 5 nitrogen and oxygen atoms in total. The molecule has 1 rings (SSSR count). The molecule has 0 saturated heterocycles. The summed E-state index contributed by atoms with van der Waals surface area (Å²) in [6.07, 6.45) is 1.65. The Morgan fingerprint density at radius 1 is 1.59 bits per heavy atom. The fraction of sp³-hybridized carbons (Fsp3) is 0.636. The minimum absolute atomic E-state index is 0.0857.